The third-order valence-corrected chi connectivity index (χ3v) is 4.43. The van der Waals surface area contributed by atoms with Gasteiger partial charge in [0.25, 0.3) is 0 Å². The number of nitrogens with zero attached hydrogens (tertiary/aromatic N) is 1. The number of halogens is 1. The van der Waals surface area contributed by atoms with Crippen LogP contribution in [0.1, 0.15) is 18.1 Å². The summed E-state index contributed by atoms with van der Waals surface area (Å²) in [6.07, 6.45) is -0.766. The number of aryl methyl sites for hydroxylation is 1. The van der Waals surface area contributed by atoms with Gasteiger partial charge in [0.2, 0.25) is 0 Å². The van der Waals surface area contributed by atoms with E-state index in [2.05, 4.69) is 6.07 Å². The van der Waals surface area contributed by atoms with Crippen LogP contribution in [0.15, 0.2) is 66.7 Å². The molecule has 3 rings (SSSR count). The van der Waals surface area contributed by atoms with Crippen LogP contribution < -0.4 is 9.47 Å². The third kappa shape index (κ3) is 4.70. The van der Waals surface area contributed by atoms with Gasteiger partial charge in [0.1, 0.15) is 11.5 Å². The number of benzene rings is 3. The molecule has 1 atom stereocenters. The molecule has 0 aliphatic heterocycles. The highest BCUT2D eigenvalue weighted by atomic mass is 35.5. The van der Waals surface area contributed by atoms with E-state index >= 15 is 0 Å². The molecule has 0 aliphatic carbocycles. The lowest BCUT2D eigenvalue weighted by Gasteiger charge is -2.15. The number of hydrogen-bond acceptors (Lipinski definition) is 4. The van der Waals surface area contributed by atoms with Crippen molar-refractivity contribution in [1.29, 1.82) is 5.26 Å². The van der Waals surface area contributed by atoms with Crippen LogP contribution in [0.4, 0.5) is 0 Å². The van der Waals surface area contributed by atoms with Crippen molar-refractivity contribution in [2.75, 3.05) is 0 Å². The maximum Gasteiger partial charge on any atom is 0.352 e. The van der Waals surface area contributed by atoms with Gasteiger partial charge in [-0.15, -0.1) is 0 Å². The Kier molecular flexibility index (Phi) is 5.98. The predicted molar refractivity (Wildman–Crippen MR) is 109 cm³/mol. The lowest BCUT2D eigenvalue weighted by Crippen LogP contribution is -2.28. The summed E-state index contributed by atoms with van der Waals surface area (Å²) in [5.41, 5.74) is 3.40. The molecule has 1 unspecified atom stereocenters. The number of nitriles is 1. The smallest absolute Gasteiger partial charge is 0.352 e. The number of carbonyl (C=O) groups excluding carboxylic acids is 1. The van der Waals surface area contributed by atoms with E-state index in [0.29, 0.717) is 22.1 Å². The zero-order chi connectivity index (χ0) is 20.1. The summed E-state index contributed by atoms with van der Waals surface area (Å²) >= 11 is 5.93. The van der Waals surface area contributed by atoms with Gasteiger partial charge in [-0.2, -0.15) is 5.26 Å². The maximum absolute atomic E-state index is 12.3. The SMILES string of the molecule is Cc1cc(Cl)ccc1OC(C)C(=O)Oc1ccc(-c2ccc(C#N)cc2)cc1. The summed E-state index contributed by atoms with van der Waals surface area (Å²) in [7, 11) is 0. The molecule has 3 aromatic rings. The van der Waals surface area contributed by atoms with Crippen LogP contribution in [0.5, 0.6) is 11.5 Å². The van der Waals surface area contributed by atoms with Crippen LogP contribution in [0.25, 0.3) is 11.1 Å². The Morgan fingerprint density at radius 1 is 1.00 bits per heavy atom. The summed E-state index contributed by atoms with van der Waals surface area (Å²) in [4.78, 5) is 12.3. The molecule has 0 spiro atoms. The van der Waals surface area contributed by atoms with Crippen molar-refractivity contribution < 1.29 is 14.3 Å². The van der Waals surface area contributed by atoms with Crippen molar-refractivity contribution in [3.63, 3.8) is 0 Å². The van der Waals surface area contributed by atoms with Crippen molar-refractivity contribution in [3.8, 4) is 28.7 Å². The number of rotatable bonds is 5. The van der Waals surface area contributed by atoms with Crippen molar-refractivity contribution in [2.24, 2.45) is 0 Å². The molecule has 0 amide bonds. The van der Waals surface area contributed by atoms with Gasteiger partial charge in [0.05, 0.1) is 11.6 Å². The zero-order valence-corrected chi connectivity index (χ0v) is 16.2. The van der Waals surface area contributed by atoms with Gasteiger partial charge in [-0.1, -0.05) is 35.9 Å². The fourth-order valence-electron chi connectivity index (χ4n) is 2.64. The fraction of sp³-hybridized carbons (Fsp3) is 0.130. The molecule has 0 saturated heterocycles. The number of esters is 1. The van der Waals surface area contributed by atoms with Crippen molar-refractivity contribution in [1.82, 2.24) is 0 Å². The van der Waals surface area contributed by atoms with Gasteiger partial charge >= 0.3 is 5.97 Å². The minimum atomic E-state index is -0.766. The van der Waals surface area contributed by atoms with Gasteiger partial charge in [0, 0.05) is 5.02 Å². The monoisotopic (exact) mass is 391 g/mol. The molecule has 3 aromatic carbocycles. The molecule has 0 fully saturated rings. The molecule has 140 valence electrons. The van der Waals surface area contributed by atoms with Crippen LogP contribution in [-0.2, 0) is 4.79 Å². The summed E-state index contributed by atoms with van der Waals surface area (Å²) in [5, 5.41) is 9.48. The molecule has 0 N–H and O–H groups in total. The quantitative estimate of drug-likeness (QED) is 0.422. The third-order valence-electron chi connectivity index (χ3n) is 4.19. The summed E-state index contributed by atoms with van der Waals surface area (Å²) in [6, 6.07) is 21.8. The first-order chi connectivity index (χ1) is 13.5. The van der Waals surface area contributed by atoms with Crippen LogP contribution in [0.2, 0.25) is 5.02 Å². The van der Waals surface area contributed by atoms with Gasteiger partial charge in [-0.3, -0.25) is 0 Å². The van der Waals surface area contributed by atoms with Crippen LogP contribution in [0, 0.1) is 18.3 Å². The van der Waals surface area contributed by atoms with Crippen molar-refractivity contribution in [2.45, 2.75) is 20.0 Å². The maximum atomic E-state index is 12.3. The first kappa shape index (κ1) is 19.5. The zero-order valence-electron chi connectivity index (χ0n) is 15.5. The first-order valence-corrected chi connectivity index (χ1v) is 9.09. The summed E-state index contributed by atoms with van der Waals surface area (Å²) in [6.45, 7) is 3.50. The average Bonchev–Trinajstić information content (AvgIpc) is 2.70. The molecule has 0 heterocycles. The van der Waals surface area contributed by atoms with E-state index in [1.165, 1.54) is 0 Å². The van der Waals surface area contributed by atoms with E-state index in [9.17, 15) is 4.79 Å². The highest BCUT2D eigenvalue weighted by Crippen LogP contribution is 2.25. The average molecular weight is 392 g/mol. The Morgan fingerprint density at radius 2 is 1.61 bits per heavy atom. The summed E-state index contributed by atoms with van der Waals surface area (Å²) < 4.78 is 11.1. The number of ether oxygens (including phenoxy) is 2. The minimum Gasteiger partial charge on any atom is -0.479 e. The molecule has 4 nitrogen and oxygen atoms in total. The Hall–Kier alpha value is -3.29. The van der Waals surface area contributed by atoms with Crippen LogP contribution in [0.3, 0.4) is 0 Å². The highest BCUT2D eigenvalue weighted by Gasteiger charge is 2.18. The lowest BCUT2D eigenvalue weighted by atomic mass is 10.0. The van der Waals surface area contributed by atoms with Crippen LogP contribution >= 0.6 is 11.6 Å². The van der Waals surface area contributed by atoms with E-state index in [0.717, 1.165) is 16.7 Å². The molecule has 0 radical (unpaired) electrons. The van der Waals surface area contributed by atoms with Crippen LogP contribution in [-0.4, -0.2) is 12.1 Å². The summed E-state index contributed by atoms with van der Waals surface area (Å²) in [5.74, 6) is 0.538. The van der Waals surface area contributed by atoms with Gasteiger partial charge in [0.15, 0.2) is 6.10 Å². The first-order valence-electron chi connectivity index (χ1n) is 8.71. The van der Waals surface area contributed by atoms with E-state index in [1.807, 2.05) is 31.2 Å². The van der Waals surface area contributed by atoms with Crippen molar-refractivity contribution in [3.05, 3.63) is 82.9 Å². The molecular formula is C23H18ClNO3. The second-order valence-electron chi connectivity index (χ2n) is 6.30. The molecule has 5 heteroatoms. The molecule has 0 bridgehead atoms. The second-order valence-corrected chi connectivity index (χ2v) is 6.74. The topological polar surface area (TPSA) is 59.3 Å². The van der Waals surface area contributed by atoms with Gasteiger partial charge in [-0.05, 0) is 73.0 Å². The highest BCUT2D eigenvalue weighted by molar-refractivity contribution is 6.30. The lowest BCUT2D eigenvalue weighted by molar-refractivity contribution is -0.141. The van der Waals surface area contributed by atoms with E-state index in [4.69, 9.17) is 26.3 Å². The Bertz CT molecular complexity index is 1020. The molecular weight excluding hydrogens is 374 g/mol. The molecule has 0 aromatic heterocycles. The Morgan fingerprint density at radius 3 is 2.18 bits per heavy atom. The Labute approximate surface area is 168 Å². The fourth-order valence-corrected chi connectivity index (χ4v) is 2.86. The molecule has 0 aliphatic rings. The minimum absolute atomic E-state index is 0.436. The molecule has 28 heavy (non-hydrogen) atoms. The van der Waals surface area contributed by atoms with E-state index in [1.54, 1.807) is 49.4 Å². The Balaban J connectivity index is 1.64. The van der Waals surface area contributed by atoms with Gasteiger partial charge < -0.3 is 9.47 Å². The van der Waals surface area contributed by atoms with E-state index < -0.39 is 12.1 Å². The molecule has 0 saturated carbocycles. The number of carbonyl (C=O) groups is 1. The van der Waals surface area contributed by atoms with Crippen molar-refractivity contribution >= 4 is 17.6 Å². The number of hydrogen-bond donors (Lipinski definition) is 0. The second kappa shape index (κ2) is 8.60. The standard InChI is InChI=1S/C23H18ClNO3/c1-15-13-20(24)9-12-22(15)27-16(2)23(26)28-21-10-7-19(8-11-21)18-5-3-17(14-25)4-6-18/h3-13,16H,1-2H3. The van der Waals surface area contributed by atoms with E-state index in [-0.39, 0.29) is 0 Å². The largest absolute Gasteiger partial charge is 0.479 e. The normalized spacial score (nSPS) is 11.4. The van der Waals surface area contributed by atoms with Gasteiger partial charge in [-0.25, -0.2) is 4.79 Å². The predicted octanol–water partition coefficient (Wildman–Crippen LogP) is 5.56.